The van der Waals surface area contributed by atoms with Crippen molar-refractivity contribution in [2.75, 3.05) is 6.54 Å². The van der Waals surface area contributed by atoms with E-state index < -0.39 is 22.2 Å². The molecule has 0 radical (unpaired) electrons. The Morgan fingerprint density at radius 3 is 2.44 bits per heavy atom. The lowest BCUT2D eigenvalue weighted by Crippen LogP contribution is -2.38. The van der Waals surface area contributed by atoms with Crippen molar-refractivity contribution in [1.82, 2.24) is 18.8 Å². The van der Waals surface area contributed by atoms with Crippen LogP contribution < -0.4 is 4.74 Å². The van der Waals surface area contributed by atoms with Gasteiger partial charge in [-0.15, -0.1) is 0 Å². The fourth-order valence-corrected chi connectivity index (χ4v) is 4.45. The molecule has 0 bridgehead atoms. The molecule has 3 aromatic rings. The van der Waals surface area contributed by atoms with Crippen LogP contribution in [-0.2, 0) is 34.5 Å². The molecule has 34 heavy (non-hydrogen) atoms. The van der Waals surface area contributed by atoms with E-state index in [0.717, 1.165) is 17.0 Å². The van der Waals surface area contributed by atoms with Gasteiger partial charge in [-0.1, -0.05) is 17.7 Å². The highest BCUT2D eigenvalue weighted by Crippen LogP contribution is 2.24. The summed E-state index contributed by atoms with van der Waals surface area (Å²) < 4.78 is 66.9. The third-order valence-electron chi connectivity index (χ3n) is 4.86. The number of nitrogens with zero attached hydrogens (tertiary/aromatic N) is 4. The van der Waals surface area contributed by atoms with Crippen LogP contribution in [-0.4, -0.2) is 51.1 Å². The monoisotopic (exact) mass is 498 g/mol. The lowest BCUT2D eigenvalue weighted by Gasteiger charge is -2.28. The average Bonchev–Trinajstić information content (AvgIpc) is 3.21. The fourth-order valence-electron chi connectivity index (χ4n) is 3.06. The van der Waals surface area contributed by atoms with Crippen molar-refractivity contribution < 1.29 is 36.2 Å². The van der Waals surface area contributed by atoms with E-state index in [1.807, 2.05) is 29.7 Å². The van der Waals surface area contributed by atoms with Crippen molar-refractivity contribution >= 4 is 16.0 Å². The lowest BCUT2D eigenvalue weighted by molar-refractivity contribution is -0.192. The van der Waals surface area contributed by atoms with Gasteiger partial charge in [-0.25, -0.2) is 18.2 Å². The molecule has 1 N–H and O–H groups in total. The minimum Gasteiger partial charge on any atom is -0.486 e. The second-order valence-electron chi connectivity index (χ2n) is 7.26. The van der Waals surface area contributed by atoms with Crippen LogP contribution in [0.15, 0.2) is 60.0 Å². The number of hydrogen-bond donors (Lipinski definition) is 1. The number of alkyl halides is 3. The smallest absolute Gasteiger partial charge is 0.486 e. The summed E-state index contributed by atoms with van der Waals surface area (Å²) in [6.45, 7) is 3.47. The number of ether oxygens (including phenoxy) is 1. The number of benzene rings is 1. The summed E-state index contributed by atoms with van der Waals surface area (Å²) in [6, 6.07) is 10.6. The van der Waals surface area contributed by atoms with Crippen LogP contribution in [0.2, 0.25) is 0 Å². The summed E-state index contributed by atoms with van der Waals surface area (Å²) in [5, 5.41) is 7.12. The van der Waals surface area contributed by atoms with E-state index in [1.54, 1.807) is 36.9 Å². The maximum absolute atomic E-state index is 13.0. The summed E-state index contributed by atoms with van der Waals surface area (Å²) >= 11 is 0. The van der Waals surface area contributed by atoms with Gasteiger partial charge in [0.25, 0.3) is 0 Å². The van der Waals surface area contributed by atoms with Crippen molar-refractivity contribution in [1.29, 1.82) is 0 Å². The molecule has 13 heteroatoms. The highest BCUT2D eigenvalue weighted by Gasteiger charge is 2.38. The van der Waals surface area contributed by atoms with Gasteiger partial charge < -0.3 is 14.4 Å². The summed E-state index contributed by atoms with van der Waals surface area (Å²) in [5.74, 6) is -2.10. The minimum atomic E-state index is -5.08. The van der Waals surface area contributed by atoms with Crippen molar-refractivity contribution in [3.8, 4) is 5.75 Å². The molecular weight excluding hydrogens is 477 g/mol. The topological polar surface area (TPSA) is 115 Å². The van der Waals surface area contributed by atoms with Gasteiger partial charge in [0.1, 0.15) is 18.1 Å². The van der Waals surface area contributed by atoms with E-state index >= 15 is 0 Å². The lowest BCUT2D eigenvalue weighted by atomic mass is 10.2. The van der Waals surface area contributed by atoms with Crippen molar-refractivity contribution in [3.05, 3.63) is 72.1 Å². The Morgan fingerprint density at radius 1 is 1.18 bits per heavy atom. The summed E-state index contributed by atoms with van der Waals surface area (Å²) in [7, 11) is -3.54. The van der Waals surface area contributed by atoms with Gasteiger partial charge in [-0.3, -0.25) is 4.98 Å². The second kappa shape index (κ2) is 10.2. The summed E-state index contributed by atoms with van der Waals surface area (Å²) in [6.07, 6.45) is -0.0249. The number of carbonyl (C=O) groups is 1. The average molecular weight is 498 g/mol. The van der Waals surface area contributed by atoms with Crippen LogP contribution in [0.25, 0.3) is 0 Å². The highest BCUT2D eigenvalue weighted by atomic mass is 32.2. The van der Waals surface area contributed by atoms with Crippen molar-refractivity contribution in [3.63, 3.8) is 0 Å². The third-order valence-corrected chi connectivity index (χ3v) is 6.72. The molecule has 0 atom stereocenters. The predicted molar refractivity (Wildman–Crippen MR) is 113 cm³/mol. The number of carboxylic acid groups (broad SMARTS) is 1. The Kier molecular flexibility index (Phi) is 7.57. The molecule has 1 aliphatic heterocycles. The number of imidazole rings is 1. The van der Waals surface area contributed by atoms with Gasteiger partial charge in [-0.2, -0.15) is 17.5 Å². The zero-order valence-corrected chi connectivity index (χ0v) is 18.8. The van der Waals surface area contributed by atoms with Crippen molar-refractivity contribution in [2.24, 2.45) is 0 Å². The van der Waals surface area contributed by atoms with Crippen LogP contribution >= 0.6 is 0 Å². The van der Waals surface area contributed by atoms with Gasteiger partial charge in [0, 0.05) is 19.3 Å². The maximum atomic E-state index is 13.0. The van der Waals surface area contributed by atoms with Gasteiger partial charge in [0.15, 0.2) is 0 Å². The molecule has 0 amide bonds. The van der Waals surface area contributed by atoms with Crippen LogP contribution in [0.4, 0.5) is 13.2 Å². The van der Waals surface area contributed by atoms with Gasteiger partial charge in [0.05, 0.1) is 29.7 Å². The first kappa shape index (κ1) is 25.2. The molecule has 0 saturated heterocycles. The van der Waals surface area contributed by atoms with Gasteiger partial charge in [0.2, 0.25) is 10.0 Å². The third kappa shape index (κ3) is 6.11. The first-order valence-corrected chi connectivity index (χ1v) is 11.3. The first-order valence-electron chi connectivity index (χ1n) is 9.91. The predicted octanol–water partition coefficient (Wildman–Crippen LogP) is 3.00. The Bertz CT molecular complexity index is 1230. The summed E-state index contributed by atoms with van der Waals surface area (Å²) in [4.78, 5) is 17.6. The number of carboxylic acids is 1. The maximum Gasteiger partial charge on any atom is 0.490 e. The van der Waals surface area contributed by atoms with Crippen LogP contribution in [0, 0.1) is 6.92 Å². The molecule has 3 heterocycles. The SMILES string of the molecule is Cc1ccc(S(=O)(=O)N2CCn3cnc(COc4cccnc4)c3C2)cc1.O=C(O)C(F)(F)F. The number of rotatable bonds is 5. The normalized spacial score (nSPS) is 14.0. The molecule has 0 fully saturated rings. The van der Waals surface area contributed by atoms with Crippen LogP contribution in [0.5, 0.6) is 5.75 Å². The molecule has 1 aliphatic rings. The zero-order chi connectivity index (χ0) is 24.9. The molecule has 182 valence electrons. The zero-order valence-electron chi connectivity index (χ0n) is 17.9. The second-order valence-corrected chi connectivity index (χ2v) is 9.20. The van der Waals surface area contributed by atoms with Crippen LogP contribution in [0.1, 0.15) is 17.0 Å². The number of sulfonamides is 1. The number of aromatic nitrogens is 3. The Labute approximate surface area is 193 Å². The number of pyridine rings is 1. The van der Waals surface area contributed by atoms with Crippen LogP contribution in [0.3, 0.4) is 0 Å². The summed E-state index contributed by atoms with van der Waals surface area (Å²) in [5.41, 5.74) is 2.63. The molecule has 1 aromatic carbocycles. The highest BCUT2D eigenvalue weighted by molar-refractivity contribution is 7.89. The molecule has 0 saturated carbocycles. The minimum absolute atomic E-state index is 0.270. The van der Waals surface area contributed by atoms with E-state index in [4.69, 9.17) is 14.6 Å². The molecule has 0 spiro atoms. The Morgan fingerprint density at radius 2 is 1.85 bits per heavy atom. The number of hydrogen-bond acceptors (Lipinski definition) is 6. The van der Waals surface area contributed by atoms with Crippen molar-refractivity contribution in [2.45, 2.75) is 37.7 Å². The number of fused-ring (bicyclic) bond motifs is 1. The van der Waals surface area contributed by atoms with E-state index in [2.05, 4.69) is 9.97 Å². The largest absolute Gasteiger partial charge is 0.490 e. The molecule has 9 nitrogen and oxygen atoms in total. The molecular formula is C21H21F3N4O5S. The van der Waals surface area contributed by atoms with Gasteiger partial charge >= 0.3 is 12.1 Å². The molecule has 0 aliphatic carbocycles. The molecule has 2 aromatic heterocycles. The Balaban J connectivity index is 0.000000406. The standard InChI is InChI=1S/C19H20N4O3S.C2HF3O2/c1-15-4-6-17(7-5-15)27(24,25)23-10-9-22-14-21-18(19(22)12-23)13-26-16-3-2-8-20-11-16;3-2(4,5)1(6)7/h2-8,11,14H,9-10,12-13H2,1H3;(H,6,7). The molecule has 4 rings (SSSR count). The van der Waals surface area contributed by atoms with E-state index in [-0.39, 0.29) is 13.2 Å². The quantitative estimate of drug-likeness (QED) is 0.575. The number of aryl methyl sites for hydroxylation is 1. The first-order chi connectivity index (χ1) is 16.0. The fraction of sp³-hybridized carbons (Fsp3) is 0.286. The van der Waals surface area contributed by atoms with E-state index in [0.29, 0.717) is 23.7 Å². The Hall–Kier alpha value is -3.45. The molecule has 0 unspecified atom stereocenters. The number of aliphatic carboxylic acids is 1. The van der Waals surface area contributed by atoms with E-state index in [9.17, 15) is 21.6 Å². The van der Waals surface area contributed by atoms with Gasteiger partial charge in [-0.05, 0) is 31.2 Å². The number of halogens is 3. The van der Waals surface area contributed by atoms with E-state index in [1.165, 1.54) is 4.31 Å².